The SMILES string of the molecule is CNC(=O)C1(C)CCN(S(=O)(=O)c2ccc(Br)cc2Cl)C1. The molecule has 21 heavy (non-hydrogen) atoms. The second kappa shape index (κ2) is 5.87. The number of benzene rings is 1. The molecule has 1 atom stereocenters. The van der Waals surface area contributed by atoms with E-state index in [2.05, 4.69) is 21.2 Å². The van der Waals surface area contributed by atoms with E-state index in [0.29, 0.717) is 17.4 Å². The van der Waals surface area contributed by atoms with E-state index in [0.717, 1.165) is 0 Å². The van der Waals surface area contributed by atoms with Gasteiger partial charge in [0.1, 0.15) is 4.90 Å². The van der Waals surface area contributed by atoms with E-state index in [1.165, 1.54) is 10.4 Å². The van der Waals surface area contributed by atoms with E-state index in [1.54, 1.807) is 26.1 Å². The second-order valence-electron chi connectivity index (χ2n) is 5.30. The van der Waals surface area contributed by atoms with Gasteiger partial charge < -0.3 is 5.32 Å². The lowest BCUT2D eigenvalue weighted by Gasteiger charge is -2.22. The van der Waals surface area contributed by atoms with Crippen molar-refractivity contribution in [2.24, 2.45) is 5.41 Å². The number of nitrogens with zero attached hydrogens (tertiary/aromatic N) is 1. The van der Waals surface area contributed by atoms with E-state index in [9.17, 15) is 13.2 Å². The molecule has 5 nitrogen and oxygen atoms in total. The van der Waals surface area contributed by atoms with Crippen LogP contribution in [-0.2, 0) is 14.8 Å². The van der Waals surface area contributed by atoms with Crippen LogP contribution in [0.4, 0.5) is 0 Å². The smallest absolute Gasteiger partial charge is 0.244 e. The molecule has 0 bridgehead atoms. The van der Waals surface area contributed by atoms with Crippen LogP contribution in [0.25, 0.3) is 0 Å². The zero-order chi connectivity index (χ0) is 15.8. The number of rotatable bonds is 3. The predicted molar refractivity (Wildman–Crippen MR) is 84.7 cm³/mol. The lowest BCUT2D eigenvalue weighted by atomic mass is 9.89. The molecule has 1 heterocycles. The molecule has 1 aromatic rings. The molecule has 2 rings (SSSR count). The molecule has 0 aliphatic carbocycles. The summed E-state index contributed by atoms with van der Waals surface area (Å²) in [5, 5.41) is 2.75. The Morgan fingerprint density at radius 1 is 1.48 bits per heavy atom. The van der Waals surface area contributed by atoms with Crippen molar-refractivity contribution >= 4 is 43.5 Å². The van der Waals surface area contributed by atoms with Crippen LogP contribution in [0.2, 0.25) is 5.02 Å². The molecule has 116 valence electrons. The van der Waals surface area contributed by atoms with Crippen LogP contribution in [0.1, 0.15) is 13.3 Å². The summed E-state index contributed by atoms with van der Waals surface area (Å²) in [6, 6.07) is 4.65. The maximum atomic E-state index is 12.7. The zero-order valence-electron chi connectivity index (χ0n) is 11.7. The van der Waals surface area contributed by atoms with E-state index < -0.39 is 15.4 Å². The third-order valence-electron chi connectivity index (χ3n) is 3.73. The first-order valence-electron chi connectivity index (χ1n) is 6.38. The van der Waals surface area contributed by atoms with Gasteiger partial charge in [-0.1, -0.05) is 27.5 Å². The van der Waals surface area contributed by atoms with E-state index in [-0.39, 0.29) is 22.4 Å². The van der Waals surface area contributed by atoms with Gasteiger partial charge >= 0.3 is 0 Å². The van der Waals surface area contributed by atoms with Crippen LogP contribution >= 0.6 is 27.5 Å². The molecule has 0 spiro atoms. The van der Waals surface area contributed by atoms with Gasteiger partial charge in [-0.25, -0.2) is 8.42 Å². The van der Waals surface area contributed by atoms with Crippen LogP contribution in [0.15, 0.2) is 27.6 Å². The fourth-order valence-corrected chi connectivity index (χ4v) is 5.01. The number of hydrogen-bond acceptors (Lipinski definition) is 3. The highest BCUT2D eigenvalue weighted by Crippen LogP contribution is 2.35. The number of nitrogens with one attached hydrogen (secondary N) is 1. The van der Waals surface area contributed by atoms with Crippen LogP contribution < -0.4 is 5.32 Å². The topological polar surface area (TPSA) is 66.5 Å². The summed E-state index contributed by atoms with van der Waals surface area (Å²) in [6.45, 7) is 2.23. The van der Waals surface area contributed by atoms with Crippen molar-refractivity contribution in [2.75, 3.05) is 20.1 Å². The van der Waals surface area contributed by atoms with Crippen molar-refractivity contribution in [3.63, 3.8) is 0 Å². The Kier molecular flexibility index (Phi) is 4.68. The second-order valence-corrected chi connectivity index (χ2v) is 8.53. The Labute approximate surface area is 137 Å². The largest absolute Gasteiger partial charge is 0.359 e. The van der Waals surface area contributed by atoms with Crippen molar-refractivity contribution < 1.29 is 13.2 Å². The Hall–Kier alpha value is -0.630. The van der Waals surface area contributed by atoms with Gasteiger partial charge in [0.05, 0.1) is 10.4 Å². The van der Waals surface area contributed by atoms with E-state index in [4.69, 9.17) is 11.6 Å². The maximum Gasteiger partial charge on any atom is 0.244 e. The highest BCUT2D eigenvalue weighted by molar-refractivity contribution is 9.10. The number of sulfonamides is 1. The predicted octanol–water partition coefficient (Wildman–Crippen LogP) is 2.25. The van der Waals surface area contributed by atoms with Gasteiger partial charge in [0.15, 0.2) is 0 Å². The summed E-state index contributed by atoms with van der Waals surface area (Å²) in [4.78, 5) is 12.0. The molecular weight excluding hydrogens is 380 g/mol. The third-order valence-corrected chi connectivity index (χ3v) is 6.55. The van der Waals surface area contributed by atoms with Crippen LogP contribution in [-0.4, -0.2) is 38.8 Å². The molecule has 1 aliphatic rings. The van der Waals surface area contributed by atoms with Crippen molar-refractivity contribution in [3.8, 4) is 0 Å². The summed E-state index contributed by atoms with van der Waals surface area (Å²) in [7, 11) is -2.15. The molecule has 8 heteroatoms. The van der Waals surface area contributed by atoms with Crippen molar-refractivity contribution in [1.82, 2.24) is 9.62 Å². The summed E-state index contributed by atoms with van der Waals surface area (Å²) >= 11 is 9.29. The van der Waals surface area contributed by atoms with Gasteiger partial charge in [0, 0.05) is 24.6 Å². The molecule has 1 amide bonds. The molecule has 0 radical (unpaired) electrons. The van der Waals surface area contributed by atoms with Gasteiger partial charge in [0.2, 0.25) is 15.9 Å². The minimum Gasteiger partial charge on any atom is -0.359 e. The number of carbonyl (C=O) groups excluding carboxylic acids is 1. The first-order valence-corrected chi connectivity index (χ1v) is 8.99. The number of amides is 1. The van der Waals surface area contributed by atoms with Crippen LogP contribution in [0.5, 0.6) is 0 Å². The van der Waals surface area contributed by atoms with Gasteiger partial charge in [-0.15, -0.1) is 0 Å². The zero-order valence-corrected chi connectivity index (χ0v) is 14.8. The summed E-state index contributed by atoms with van der Waals surface area (Å²) in [5.41, 5.74) is -0.705. The average molecular weight is 396 g/mol. The summed E-state index contributed by atoms with van der Waals surface area (Å²) in [6.07, 6.45) is 0.486. The van der Waals surface area contributed by atoms with Crippen LogP contribution in [0.3, 0.4) is 0 Å². The molecular formula is C13H16BrClN2O3S. The highest BCUT2D eigenvalue weighted by Gasteiger charge is 2.44. The summed E-state index contributed by atoms with van der Waals surface area (Å²) in [5.74, 6) is -0.151. The van der Waals surface area contributed by atoms with Gasteiger partial charge in [0.25, 0.3) is 0 Å². The molecule has 0 aromatic heterocycles. The lowest BCUT2D eigenvalue weighted by Crippen LogP contribution is -2.40. The monoisotopic (exact) mass is 394 g/mol. The molecule has 1 aliphatic heterocycles. The van der Waals surface area contributed by atoms with Gasteiger partial charge in [-0.2, -0.15) is 4.31 Å². The van der Waals surface area contributed by atoms with Crippen molar-refractivity contribution in [1.29, 1.82) is 0 Å². The van der Waals surface area contributed by atoms with Gasteiger partial charge in [-0.3, -0.25) is 4.79 Å². The minimum absolute atomic E-state index is 0.0634. The standard InChI is InChI=1S/C13H16BrClN2O3S/c1-13(12(18)16-2)5-6-17(8-13)21(19,20)11-4-3-9(14)7-10(11)15/h3-4,7H,5-6,8H2,1-2H3,(H,16,18). The molecule has 1 fully saturated rings. The Bertz CT molecular complexity index is 680. The van der Waals surface area contributed by atoms with E-state index >= 15 is 0 Å². The lowest BCUT2D eigenvalue weighted by molar-refractivity contribution is -0.128. The van der Waals surface area contributed by atoms with Crippen LogP contribution in [0, 0.1) is 5.41 Å². The summed E-state index contributed by atoms with van der Waals surface area (Å²) < 4.78 is 27.3. The van der Waals surface area contributed by atoms with Crippen molar-refractivity contribution in [2.45, 2.75) is 18.2 Å². The maximum absolute atomic E-state index is 12.7. The molecule has 1 unspecified atom stereocenters. The Balaban J connectivity index is 2.32. The highest BCUT2D eigenvalue weighted by atomic mass is 79.9. The molecule has 1 N–H and O–H groups in total. The molecule has 1 saturated heterocycles. The molecule has 1 aromatic carbocycles. The fraction of sp³-hybridized carbons (Fsp3) is 0.462. The van der Waals surface area contributed by atoms with E-state index in [1.807, 2.05) is 0 Å². The average Bonchev–Trinajstić information content (AvgIpc) is 2.82. The number of hydrogen-bond donors (Lipinski definition) is 1. The third kappa shape index (κ3) is 3.11. The normalized spacial score (nSPS) is 23.2. The van der Waals surface area contributed by atoms with Gasteiger partial charge in [-0.05, 0) is 31.5 Å². The number of carbonyl (C=O) groups is 1. The first-order chi connectivity index (χ1) is 9.70. The Morgan fingerprint density at radius 2 is 2.14 bits per heavy atom. The van der Waals surface area contributed by atoms with Crippen molar-refractivity contribution in [3.05, 3.63) is 27.7 Å². The molecule has 0 saturated carbocycles. The number of halogens is 2. The quantitative estimate of drug-likeness (QED) is 0.853. The Morgan fingerprint density at radius 3 is 2.71 bits per heavy atom. The minimum atomic E-state index is -3.70. The fourth-order valence-electron chi connectivity index (χ4n) is 2.43. The first kappa shape index (κ1) is 16.7.